The number of phenolic OH excluding ortho intramolecular Hbond substituents is 1. The molecular weight excluding hydrogens is 310 g/mol. The van der Waals surface area contributed by atoms with Crippen LogP contribution in [-0.2, 0) is 5.41 Å². The van der Waals surface area contributed by atoms with Crippen LogP contribution in [0.15, 0.2) is 30.3 Å². The Morgan fingerprint density at radius 1 is 1.17 bits per heavy atom. The largest absolute Gasteiger partial charge is 0.508 e. The van der Waals surface area contributed by atoms with E-state index in [1.165, 1.54) is 0 Å². The molecule has 0 aliphatic heterocycles. The molecule has 0 radical (unpaired) electrons. The van der Waals surface area contributed by atoms with Crippen molar-refractivity contribution in [1.82, 2.24) is 4.98 Å². The summed E-state index contributed by atoms with van der Waals surface area (Å²) in [5, 5.41) is 11.4. The standard InChI is InChI=1S/C19H16ClNO2/c1-9-6-12-15(8-14(9)20)21-18-16(12)17(23)11-5-4-10(22)7-13(11)19(18,2)3/h4-8,21-22H,1-3H3. The molecule has 3 nitrogen and oxygen atoms in total. The van der Waals surface area contributed by atoms with Gasteiger partial charge >= 0.3 is 0 Å². The number of rotatable bonds is 0. The number of hydrogen-bond acceptors (Lipinski definition) is 2. The summed E-state index contributed by atoms with van der Waals surface area (Å²) in [7, 11) is 0. The first-order chi connectivity index (χ1) is 10.8. The van der Waals surface area contributed by atoms with Crippen LogP contribution in [0.2, 0.25) is 5.02 Å². The maximum absolute atomic E-state index is 13.0. The van der Waals surface area contributed by atoms with E-state index in [4.69, 9.17) is 11.6 Å². The van der Waals surface area contributed by atoms with Crippen LogP contribution in [0, 0.1) is 6.92 Å². The summed E-state index contributed by atoms with van der Waals surface area (Å²) in [6, 6.07) is 8.79. The van der Waals surface area contributed by atoms with Gasteiger partial charge in [0.2, 0.25) is 0 Å². The van der Waals surface area contributed by atoms with Crippen molar-refractivity contribution in [3.8, 4) is 5.75 Å². The molecule has 23 heavy (non-hydrogen) atoms. The Morgan fingerprint density at radius 3 is 2.65 bits per heavy atom. The van der Waals surface area contributed by atoms with Gasteiger partial charge in [0.15, 0.2) is 5.78 Å². The molecule has 0 spiro atoms. The van der Waals surface area contributed by atoms with Gasteiger partial charge in [-0.1, -0.05) is 25.4 Å². The van der Waals surface area contributed by atoms with Crippen LogP contribution in [0.3, 0.4) is 0 Å². The second-order valence-electron chi connectivity index (χ2n) is 6.71. The zero-order chi connectivity index (χ0) is 16.5. The average molecular weight is 326 g/mol. The number of aryl methyl sites for hydroxylation is 1. The third-order valence-corrected chi connectivity index (χ3v) is 5.26. The number of aromatic nitrogens is 1. The molecule has 0 bridgehead atoms. The van der Waals surface area contributed by atoms with Gasteiger partial charge < -0.3 is 10.1 Å². The number of H-pyrrole nitrogens is 1. The van der Waals surface area contributed by atoms with E-state index in [0.29, 0.717) is 16.1 Å². The normalized spacial score (nSPS) is 15.6. The number of hydrogen-bond donors (Lipinski definition) is 2. The van der Waals surface area contributed by atoms with Gasteiger partial charge in [0.1, 0.15) is 5.75 Å². The number of nitrogens with one attached hydrogen (secondary N) is 1. The van der Waals surface area contributed by atoms with Crippen molar-refractivity contribution in [3.05, 3.63) is 63.3 Å². The second-order valence-corrected chi connectivity index (χ2v) is 7.11. The first kappa shape index (κ1) is 14.3. The lowest BCUT2D eigenvalue weighted by molar-refractivity contribution is 0.103. The Hall–Kier alpha value is -2.26. The smallest absolute Gasteiger partial charge is 0.195 e. The number of aromatic hydroxyl groups is 1. The molecule has 116 valence electrons. The predicted octanol–water partition coefficient (Wildman–Crippen LogP) is 4.71. The highest BCUT2D eigenvalue weighted by molar-refractivity contribution is 6.32. The van der Waals surface area contributed by atoms with Crippen LogP contribution < -0.4 is 0 Å². The van der Waals surface area contributed by atoms with Crippen LogP contribution in [0.1, 0.15) is 46.6 Å². The van der Waals surface area contributed by atoms with Crippen molar-refractivity contribution >= 4 is 28.3 Å². The molecule has 0 amide bonds. The van der Waals surface area contributed by atoms with Gasteiger partial charge in [-0.15, -0.1) is 0 Å². The van der Waals surface area contributed by atoms with Crippen LogP contribution in [0.4, 0.5) is 0 Å². The van der Waals surface area contributed by atoms with Crippen molar-refractivity contribution in [2.24, 2.45) is 0 Å². The molecule has 0 unspecified atom stereocenters. The van der Waals surface area contributed by atoms with Crippen molar-refractivity contribution in [1.29, 1.82) is 0 Å². The van der Waals surface area contributed by atoms with Gasteiger partial charge in [-0.05, 0) is 48.4 Å². The number of carbonyl (C=O) groups is 1. The highest BCUT2D eigenvalue weighted by atomic mass is 35.5. The zero-order valence-electron chi connectivity index (χ0n) is 13.1. The fourth-order valence-corrected chi connectivity index (χ4v) is 3.71. The van der Waals surface area contributed by atoms with Gasteiger partial charge in [0.05, 0.1) is 5.56 Å². The average Bonchev–Trinajstić information content (AvgIpc) is 2.85. The van der Waals surface area contributed by atoms with E-state index in [-0.39, 0.29) is 11.5 Å². The molecule has 0 atom stereocenters. The van der Waals surface area contributed by atoms with E-state index in [0.717, 1.165) is 27.7 Å². The van der Waals surface area contributed by atoms with E-state index >= 15 is 0 Å². The molecule has 4 heteroatoms. The fourth-order valence-electron chi connectivity index (χ4n) is 3.54. The molecule has 0 saturated heterocycles. The third-order valence-electron chi connectivity index (χ3n) is 4.85. The van der Waals surface area contributed by atoms with E-state index in [9.17, 15) is 9.90 Å². The van der Waals surface area contributed by atoms with Crippen LogP contribution in [0.25, 0.3) is 10.9 Å². The minimum absolute atomic E-state index is 0.0118. The molecule has 2 aromatic carbocycles. The summed E-state index contributed by atoms with van der Waals surface area (Å²) in [4.78, 5) is 16.4. The monoisotopic (exact) mass is 325 g/mol. The topological polar surface area (TPSA) is 53.1 Å². The maximum atomic E-state index is 13.0. The van der Waals surface area contributed by atoms with Gasteiger partial charge in [-0.25, -0.2) is 0 Å². The zero-order valence-corrected chi connectivity index (χ0v) is 13.9. The number of fused-ring (bicyclic) bond motifs is 4. The SMILES string of the molecule is Cc1cc2c3c([nH]c2cc1Cl)C(C)(C)c1cc(O)ccc1C3=O. The minimum Gasteiger partial charge on any atom is -0.508 e. The summed E-state index contributed by atoms with van der Waals surface area (Å²) >= 11 is 6.23. The van der Waals surface area contributed by atoms with Gasteiger partial charge in [0.25, 0.3) is 0 Å². The number of benzene rings is 2. The highest BCUT2D eigenvalue weighted by Crippen LogP contribution is 2.45. The molecule has 1 aliphatic carbocycles. The quantitative estimate of drug-likeness (QED) is 0.629. The lowest BCUT2D eigenvalue weighted by Crippen LogP contribution is -2.30. The van der Waals surface area contributed by atoms with Gasteiger partial charge in [0, 0.05) is 32.6 Å². The van der Waals surface area contributed by atoms with E-state index in [1.54, 1.807) is 18.2 Å². The molecule has 0 fully saturated rings. The third kappa shape index (κ3) is 1.80. The lowest BCUT2D eigenvalue weighted by atomic mass is 9.71. The Balaban J connectivity index is 2.12. The maximum Gasteiger partial charge on any atom is 0.195 e. The van der Waals surface area contributed by atoms with Gasteiger partial charge in [-0.3, -0.25) is 4.79 Å². The van der Waals surface area contributed by atoms with E-state index < -0.39 is 5.41 Å². The highest BCUT2D eigenvalue weighted by Gasteiger charge is 2.39. The number of halogens is 1. The molecule has 1 heterocycles. The summed E-state index contributed by atoms with van der Waals surface area (Å²) in [5.41, 5.74) is 4.47. The van der Waals surface area contributed by atoms with Crippen molar-refractivity contribution in [2.75, 3.05) is 0 Å². The van der Waals surface area contributed by atoms with Crippen LogP contribution >= 0.6 is 11.6 Å². The van der Waals surface area contributed by atoms with Crippen molar-refractivity contribution in [2.45, 2.75) is 26.2 Å². The lowest BCUT2D eigenvalue weighted by Gasteiger charge is -2.32. The van der Waals surface area contributed by atoms with Crippen molar-refractivity contribution in [3.63, 3.8) is 0 Å². The Bertz CT molecular complexity index is 998. The fraction of sp³-hybridized carbons (Fsp3) is 0.211. The number of aromatic amines is 1. The summed E-state index contributed by atoms with van der Waals surface area (Å²) in [6.07, 6.45) is 0. The summed E-state index contributed by atoms with van der Waals surface area (Å²) < 4.78 is 0. The molecule has 3 aromatic rings. The van der Waals surface area contributed by atoms with Gasteiger partial charge in [-0.2, -0.15) is 0 Å². The Labute approximate surface area is 138 Å². The predicted molar refractivity (Wildman–Crippen MR) is 91.7 cm³/mol. The Kier molecular flexibility index (Phi) is 2.74. The molecular formula is C19H16ClNO2. The second kappa shape index (κ2) is 4.39. The Morgan fingerprint density at radius 2 is 1.91 bits per heavy atom. The molecule has 1 aromatic heterocycles. The molecule has 2 N–H and O–H groups in total. The molecule has 1 aliphatic rings. The first-order valence-electron chi connectivity index (χ1n) is 7.51. The van der Waals surface area contributed by atoms with E-state index in [2.05, 4.69) is 18.8 Å². The van der Waals surface area contributed by atoms with E-state index in [1.807, 2.05) is 19.1 Å². The molecule has 0 saturated carbocycles. The van der Waals surface area contributed by atoms with Crippen LogP contribution in [-0.4, -0.2) is 15.9 Å². The van der Waals surface area contributed by atoms with Crippen molar-refractivity contribution < 1.29 is 9.90 Å². The number of ketones is 1. The summed E-state index contributed by atoms with van der Waals surface area (Å²) in [5.74, 6) is 0.158. The summed E-state index contributed by atoms with van der Waals surface area (Å²) in [6.45, 7) is 6.05. The first-order valence-corrected chi connectivity index (χ1v) is 7.89. The minimum atomic E-state index is -0.406. The number of phenols is 1. The van der Waals surface area contributed by atoms with Crippen LogP contribution in [0.5, 0.6) is 5.75 Å². The number of carbonyl (C=O) groups excluding carboxylic acids is 1. The molecule has 4 rings (SSSR count).